The van der Waals surface area contributed by atoms with Gasteiger partial charge < -0.3 is 14.5 Å². The normalized spacial score (nSPS) is 15.7. The van der Waals surface area contributed by atoms with Crippen LogP contribution in [0, 0.1) is 5.82 Å². The Morgan fingerprint density at radius 2 is 2.00 bits per heavy atom. The number of hydrogen-bond donors (Lipinski definition) is 1. The summed E-state index contributed by atoms with van der Waals surface area (Å²) in [4.78, 5) is 6.31. The summed E-state index contributed by atoms with van der Waals surface area (Å²) in [5.41, 5.74) is 0.345. The van der Waals surface area contributed by atoms with Crippen LogP contribution in [0.2, 0.25) is 0 Å². The third-order valence-electron chi connectivity index (χ3n) is 3.24. The Morgan fingerprint density at radius 1 is 1.21 bits per heavy atom. The van der Waals surface area contributed by atoms with E-state index < -0.39 is 5.82 Å². The van der Waals surface area contributed by atoms with E-state index in [4.69, 9.17) is 4.52 Å². The number of hydrogen-bond acceptors (Lipinski definition) is 5. The number of benzene rings is 1. The number of phenols is 1. The molecule has 5 nitrogen and oxygen atoms in total. The van der Waals surface area contributed by atoms with Gasteiger partial charge in [-0.2, -0.15) is 4.98 Å². The molecule has 0 atom stereocenters. The summed E-state index contributed by atoms with van der Waals surface area (Å²) in [6.07, 6.45) is 3.46. The molecule has 100 valence electrons. The van der Waals surface area contributed by atoms with Gasteiger partial charge in [-0.1, -0.05) is 0 Å². The maximum Gasteiger partial charge on any atom is 0.266 e. The first-order chi connectivity index (χ1) is 9.24. The minimum atomic E-state index is -0.503. The Morgan fingerprint density at radius 3 is 2.74 bits per heavy atom. The monoisotopic (exact) mass is 263 g/mol. The van der Waals surface area contributed by atoms with Gasteiger partial charge in [0, 0.05) is 19.2 Å². The minimum absolute atomic E-state index is 0.200. The molecule has 2 aromatic rings. The largest absolute Gasteiger partial charge is 0.507 e. The fourth-order valence-corrected chi connectivity index (χ4v) is 2.23. The predicted octanol–water partition coefficient (Wildman–Crippen LogP) is 2.57. The van der Waals surface area contributed by atoms with Crippen LogP contribution in [0.3, 0.4) is 0 Å². The summed E-state index contributed by atoms with van der Waals surface area (Å²) in [7, 11) is 0. The van der Waals surface area contributed by atoms with Crippen LogP contribution >= 0.6 is 0 Å². The highest BCUT2D eigenvalue weighted by Crippen LogP contribution is 2.29. The molecule has 1 fully saturated rings. The van der Waals surface area contributed by atoms with E-state index >= 15 is 0 Å². The maximum atomic E-state index is 12.9. The van der Waals surface area contributed by atoms with E-state index in [1.807, 2.05) is 0 Å². The lowest BCUT2D eigenvalue weighted by molar-refractivity contribution is 0.420. The van der Waals surface area contributed by atoms with Gasteiger partial charge in [0.05, 0.1) is 5.56 Å². The summed E-state index contributed by atoms with van der Waals surface area (Å²) >= 11 is 0. The Hall–Kier alpha value is -2.11. The number of anilines is 1. The lowest BCUT2D eigenvalue weighted by atomic mass is 10.1. The molecular formula is C13H14FN3O2. The molecule has 1 N–H and O–H groups in total. The van der Waals surface area contributed by atoms with Crippen LogP contribution in [0.15, 0.2) is 22.7 Å². The molecule has 0 unspecified atom stereocenters. The van der Waals surface area contributed by atoms with Crippen LogP contribution in [-0.4, -0.2) is 28.3 Å². The second-order valence-electron chi connectivity index (χ2n) is 4.61. The van der Waals surface area contributed by atoms with Gasteiger partial charge in [-0.3, -0.25) is 0 Å². The van der Waals surface area contributed by atoms with Crippen molar-refractivity contribution < 1.29 is 14.0 Å². The van der Waals surface area contributed by atoms with Crippen molar-refractivity contribution >= 4 is 5.95 Å². The molecule has 3 rings (SSSR count). The number of phenolic OH excluding ortho intramolecular Hbond substituents is 1. The molecule has 19 heavy (non-hydrogen) atoms. The molecule has 0 bridgehead atoms. The summed E-state index contributed by atoms with van der Waals surface area (Å²) in [6, 6.07) is 3.71. The summed E-state index contributed by atoms with van der Waals surface area (Å²) in [6.45, 7) is 1.82. The van der Waals surface area contributed by atoms with Crippen molar-refractivity contribution in [2.45, 2.75) is 19.3 Å². The molecule has 1 aromatic carbocycles. The quantitative estimate of drug-likeness (QED) is 0.902. The van der Waals surface area contributed by atoms with Gasteiger partial charge in [-0.15, -0.1) is 0 Å². The first kappa shape index (κ1) is 12.0. The summed E-state index contributed by atoms with van der Waals surface area (Å²) in [5, 5.41) is 13.6. The molecule has 0 aliphatic carbocycles. The van der Waals surface area contributed by atoms with E-state index in [-0.39, 0.29) is 11.6 Å². The zero-order valence-corrected chi connectivity index (χ0v) is 10.3. The van der Waals surface area contributed by atoms with Gasteiger partial charge in [0.1, 0.15) is 11.6 Å². The van der Waals surface area contributed by atoms with Crippen LogP contribution in [-0.2, 0) is 0 Å². The van der Waals surface area contributed by atoms with Crippen LogP contribution < -0.4 is 4.90 Å². The maximum absolute atomic E-state index is 12.9. The van der Waals surface area contributed by atoms with Crippen molar-refractivity contribution in [3.8, 4) is 17.2 Å². The Balaban J connectivity index is 1.87. The fourth-order valence-electron chi connectivity index (χ4n) is 2.23. The third kappa shape index (κ3) is 2.38. The first-order valence-corrected chi connectivity index (χ1v) is 6.31. The average molecular weight is 263 g/mol. The van der Waals surface area contributed by atoms with Gasteiger partial charge in [0.25, 0.3) is 11.8 Å². The predicted molar refractivity (Wildman–Crippen MR) is 67.4 cm³/mol. The number of aromatic hydroxyl groups is 1. The topological polar surface area (TPSA) is 62.4 Å². The highest BCUT2D eigenvalue weighted by molar-refractivity contribution is 5.62. The van der Waals surface area contributed by atoms with E-state index in [0.29, 0.717) is 11.5 Å². The molecule has 0 saturated carbocycles. The van der Waals surface area contributed by atoms with Crippen molar-refractivity contribution in [1.29, 1.82) is 0 Å². The molecule has 0 spiro atoms. The Bertz CT molecular complexity index is 579. The number of halogens is 1. The van der Waals surface area contributed by atoms with Gasteiger partial charge in [-0.25, -0.2) is 4.39 Å². The van der Waals surface area contributed by atoms with Gasteiger partial charge in [0.15, 0.2) is 0 Å². The molecule has 1 aliphatic heterocycles. The lowest BCUT2D eigenvalue weighted by Gasteiger charge is -2.24. The second kappa shape index (κ2) is 4.87. The van der Waals surface area contributed by atoms with Crippen molar-refractivity contribution in [1.82, 2.24) is 10.1 Å². The number of rotatable bonds is 2. The Labute approximate surface area is 109 Å². The molecule has 0 amide bonds. The second-order valence-corrected chi connectivity index (χ2v) is 4.61. The first-order valence-electron chi connectivity index (χ1n) is 6.31. The van der Waals surface area contributed by atoms with E-state index in [2.05, 4.69) is 15.0 Å². The van der Waals surface area contributed by atoms with Gasteiger partial charge in [-0.05, 0) is 36.6 Å². The lowest BCUT2D eigenvalue weighted by Crippen LogP contribution is -2.30. The summed E-state index contributed by atoms with van der Waals surface area (Å²) < 4.78 is 18.1. The number of aromatic nitrogens is 2. The minimum Gasteiger partial charge on any atom is -0.507 e. The molecule has 1 aromatic heterocycles. The van der Waals surface area contributed by atoms with Crippen LogP contribution in [0.25, 0.3) is 11.5 Å². The number of piperidine rings is 1. The Kier molecular flexibility index (Phi) is 3.06. The van der Waals surface area contributed by atoms with Crippen molar-refractivity contribution in [3.63, 3.8) is 0 Å². The number of nitrogens with zero attached hydrogens (tertiary/aromatic N) is 3. The zero-order chi connectivity index (χ0) is 13.2. The fraction of sp³-hybridized carbons (Fsp3) is 0.385. The van der Waals surface area contributed by atoms with Gasteiger partial charge >= 0.3 is 0 Å². The van der Waals surface area contributed by atoms with E-state index in [1.54, 1.807) is 0 Å². The van der Waals surface area contributed by atoms with E-state index in [0.717, 1.165) is 32.0 Å². The zero-order valence-electron chi connectivity index (χ0n) is 10.3. The van der Waals surface area contributed by atoms with Crippen molar-refractivity contribution in [2.75, 3.05) is 18.0 Å². The van der Waals surface area contributed by atoms with Crippen LogP contribution in [0.1, 0.15) is 19.3 Å². The van der Waals surface area contributed by atoms with Crippen LogP contribution in [0.5, 0.6) is 5.75 Å². The van der Waals surface area contributed by atoms with Gasteiger partial charge in [0.2, 0.25) is 0 Å². The summed E-state index contributed by atoms with van der Waals surface area (Å²) in [5.74, 6) is 0.0300. The van der Waals surface area contributed by atoms with Crippen LogP contribution in [0.4, 0.5) is 10.3 Å². The van der Waals surface area contributed by atoms with E-state index in [9.17, 15) is 9.50 Å². The third-order valence-corrected chi connectivity index (χ3v) is 3.24. The molecule has 2 heterocycles. The molecule has 0 radical (unpaired) electrons. The molecule has 1 saturated heterocycles. The van der Waals surface area contributed by atoms with E-state index in [1.165, 1.54) is 18.6 Å². The smallest absolute Gasteiger partial charge is 0.266 e. The molecule has 1 aliphatic rings. The molecular weight excluding hydrogens is 249 g/mol. The SMILES string of the molecule is Oc1cc(F)ccc1-c1nc(N2CCCCC2)no1. The highest BCUT2D eigenvalue weighted by Gasteiger charge is 2.19. The highest BCUT2D eigenvalue weighted by atomic mass is 19.1. The van der Waals surface area contributed by atoms with Crippen molar-refractivity contribution in [3.05, 3.63) is 24.0 Å². The standard InChI is InChI=1S/C13H14FN3O2/c14-9-4-5-10(11(18)8-9)12-15-13(16-19-12)17-6-2-1-3-7-17/h4-5,8,18H,1-3,6-7H2. The van der Waals surface area contributed by atoms with Crippen molar-refractivity contribution in [2.24, 2.45) is 0 Å². The average Bonchev–Trinajstić information content (AvgIpc) is 2.89. The molecule has 6 heteroatoms.